The molecule has 1 N–H and O–H groups in total. The molecule has 1 atom stereocenters. The molecule has 5 nitrogen and oxygen atoms in total. The Labute approximate surface area is 180 Å². The van der Waals surface area contributed by atoms with Crippen LogP contribution < -0.4 is 31.4 Å². The van der Waals surface area contributed by atoms with Crippen LogP contribution in [0, 0.1) is 6.92 Å². The van der Waals surface area contributed by atoms with Gasteiger partial charge in [0.2, 0.25) is 0 Å². The summed E-state index contributed by atoms with van der Waals surface area (Å²) in [6, 6.07) is 13.9. The second-order valence-corrected chi connectivity index (χ2v) is 8.00. The predicted octanol–water partition coefficient (Wildman–Crippen LogP) is 0.187. The smallest absolute Gasteiger partial charge is 0.316 e. The number of anilines is 1. The van der Waals surface area contributed by atoms with Gasteiger partial charge in [-0.1, -0.05) is 29.8 Å². The number of rotatable bonds is 4. The van der Waals surface area contributed by atoms with Gasteiger partial charge in [-0.3, -0.25) is 0 Å². The number of thioether (sulfide) groups is 1. The van der Waals surface area contributed by atoms with E-state index >= 15 is 0 Å². The van der Waals surface area contributed by atoms with Crippen LogP contribution in [0.4, 0.5) is 5.69 Å². The zero-order chi connectivity index (χ0) is 19.0. The molecule has 2 heterocycles. The van der Waals surface area contributed by atoms with Crippen molar-refractivity contribution in [3.8, 4) is 11.5 Å². The summed E-state index contributed by atoms with van der Waals surface area (Å²) in [6.07, 6.45) is 1.05. The summed E-state index contributed by atoms with van der Waals surface area (Å²) in [5, 5.41) is 12.8. The summed E-state index contributed by atoms with van der Waals surface area (Å²) >= 11 is 1.78. The first-order valence-electron chi connectivity index (χ1n) is 9.13. The number of amidine groups is 1. The molecule has 4 rings (SSSR count). The van der Waals surface area contributed by atoms with Crippen molar-refractivity contribution in [1.82, 2.24) is 0 Å². The molecule has 2 aliphatic heterocycles. The zero-order valence-corrected chi connectivity index (χ0v) is 18.7. The van der Waals surface area contributed by atoms with Crippen LogP contribution >= 0.6 is 11.8 Å². The highest BCUT2D eigenvalue weighted by Gasteiger charge is 2.53. The Balaban J connectivity index is 0.00000225. The molecule has 0 fully saturated rings. The number of hydrogen-bond acceptors (Lipinski definition) is 5. The van der Waals surface area contributed by atoms with Crippen molar-refractivity contribution in [3.05, 3.63) is 53.6 Å². The average Bonchev–Trinajstić information content (AvgIpc) is 3.02. The maximum Gasteiger partial charge on any atom is 0.316 e. The predicted molar refractivity (Wildman–Crippen MR) is 109 cm³/mol. The first-order valence-corrected chi connectivity index (χ1v) is 10.1. The van der Waals surface area contributed by atoms with Crippen molar-refractivity contribution >= 4 is 22.6 Å². The topological polar surface area (TPSA) is 44.9 Å². The maximum atomic E-state index is 11.7. The second-order valence-electron chi connectivity index (χ2n) is 6.94. The number of aryl methyl sites for hydroxylation is 1. The third-order valence-electron chi connectivity index (χ3n) is 5.23. The van der Waals surface area contributed by atoms with E-state index in [0.717, 1.165) is 46.6 Å². The molecule has 2 aromatic rings. The molecule has 0 aliphatic carbocycles. The molecule has 0 saturated carbocycles. The van der Waals surface area contributed by atoms with E-state index in [1.54, 1.807) is 26.0 Å². The molecule has 0 spiro atoms. The number of ether oxygens (including phenoxy) is 2. The van der Waals surface area contributed by atoms with Gasteiger partial charge in [0, 0.05) is 17.4 Å². The fourth-order valence-corrected chi connectivity index (χ4v) is 4.94. The Morgan fingerprint density at radius 2 is 1.86 bits per heavy atom. The molecule has 28 heavy (non-hydrogen) atoms. The average molecular weight is 465 g/mol. The van der Waals surface area contributed by atoms with Gasteiger partial charge in [-0.2, -0.15) is 0 Å². The van der Waals surface area contributed by atoms with E-state index in [2.05, 4.69) is 28.5 Å². The third-order valence-corrected chi connectivity index (χ3v) is 6.43. The molecule has 2 aliphatic rings. The summed E-state index contributed by atoms with van der Waals surface area (Å²) in [7, 11) is 3.33. The van der Waals surface area contributed by atoms with Crippen molar-refractivity contribution in [2.75, 3.05) is 38.0 Å². The highest BCUT2D eigenvalue weighted by Crippen LogP contribution is 2.41. The highest BCUT2D eigenvalue weighted by atomic mass is 79.9. The van der Waals surface area contributed by atoms with E-state index in [-0.39, 0.29) is 17.0 Å². The van der Waals surface area contributed by atoms with Crippen LogP contribution in [0.25, 0.3) is 0 Å². The molecule has 7 heteroatoms. The lowest BCUT2D eigenvalue weighted by atomic mass is 10.0. The minimum Gasteiger partial charge on any atom is -1.00 e. The molecule has 1 unspecified atom stereocenters. The van der Waals surface area contributed by atoms with Gasteiger partial charge in [-0.05, 0) is 37.2 Å². The zero-order valence-electron chi connectivity index (χ0n) is 16.3. The number of methoxy groups -OCH3 is 2. The summed E-state index contributed by atoms with van der Waals surface area (Å²) in [6.45, 7) is 3.33. The van der Waals surface area contributed by atoms with Gasteiger partial charge in [-0.15, -0.1) is 0 Å². The SMILES string of the molecule is COc1ccc(OC)c(N2CC(O)(c3ccc(C)cc3)[N+]3=C2SCCC3)c1.[Br-]. The van der Waals surface area contributed by atoms with Crippen molar-refractivity contribution in [3.63, 3.8) is 0 Å². The summed E-state index contributed by atoms with van der Waals surface area (Å²) in [5.41, 5.74) is 1.94. The summed E-state index contributed by atoms with van der Waals surface area (Å²) in [4.78, 5) is 2.16. The van der Waals surface area contributed by atoms with Crippen LogP contribution in [-0.2, 0) is 5.72 Å². The van der Waals surface area contributed by atoms with Gasteiger partial charge in [-0.25, -0.2) is 9.48 Å². The molecule has 150 valence electrons. The maximum absolute atomic E-state index is 11.7. The largest absolute Gasteiger partial charge is 1.00 e. The van der Waals surface area contributed by atoms with Gasteiger partial charge < -0.3 is 31.6 Å². The van der Waals surface area contributed by atoms with E-state index in [1.807, 2.05) is 30.3 Å². The monoisotopic (exact) mass is 464 g/mol. The van der Waals surface area contributed by atoms with E-state index in [4.69, 9.17) is 9.47 Å². The Morgan fingerprint density at radius 3 is 2.54 bits per heavy atom. The fraction of sp³-hybridized carbons (Fsp3) is 0.381. The molecule has 2 aromatic carbocycles. The second kappa shape index (κ2) is 8.35. The number of nitrogens with zero attached hydrogens (tertiary/aromatic N) is 2. The van der Waals surface area contributed by atoms with Crippen LogP contribution in [0.1, 0.15) is 17.5 Å². The molecule has 0 saturated heterocycles. The lowest BCUT2D eigenvalue weighted by Gasteiger charge is -2.24. The number of hydrogen-bond donors (Lipinski definition) is 1. The van der Waals surface area contributed by atoms with Crippen LogP contribution in [0.3, 0.4) is 0 Å². The van der Waals surface area contributed by atoms with Gasteiger partial charge in [0.15, 0.2) is 18.0 Å². The van der Waals surface area contributed by atoms with E-state index in [0.29, 0.717) is 6.54 Å². The molecule has 0 bridgehead atoms. The summed E-state index contributed by atoms with van der Waals surface area (Å²) in [5.74, 6) is 2.57. The van der Waals surface area contributed by atoms with E-state index in [1.165, 1.54) is 5.56 Å². The minimum atomic E-state index is -1.06. The van der Waals surface area contributed by atoms with Gasteiger partial charge >= 0.3 is 5.17 Å². The third kappa shape index (κ3) is 3.51. The number of aliphatic hydroxyl groups is 1. The van der Waals surface area contributed by atoms with Crippen LogP contribution in [0.2, 0.25) is 0 Å². The quantitative estimate of drug-likeness (QED) is 0.654. The molecule has 0 amide bonds. The van der Waals surface area contributed by atoms with Gasteiger partial charge in [0.05, 0.1) is 20.8 Å². The van der Waals surface area contributed by atoms with Crippen molar-refractivity contribution in [2.45, 2.75) is 19.1 Å². The van der Waals surface area contributed by atoms with Gasteiger partial charge in [0.25, 0.3) is 5.72 Å². The van der Waals surface area contributed by atoms with Crippen molar-refractivity contribution in [2.24, 2.45) is 0 Å². The Bertz CT molecular complexity index is 888. The fourth-order valence-electron chi connectivity index (χ4n) is 3.76. The van der Waals surface area contributed by atoms with Crippen LogP contribution in [0.5, 0.6) is 11.5 Å². The van der Waals surface area contributed by atoms with Crippen molar-refractivity contribution in [1.29, 1.82) is 0 Å². The lowest BCUT2D eigenvalue weighted by molar-refractivity contribution is -0.656. The van der Waals surface area contributed by atoms with E-state index in [9.17, 15) is 5.11 Å². The molecule has 0 radical (unpaired) electrons. The Morgan fingerprint density at radius 1 is 1.11 bits per heavy atom. The molecular weight excluding hydrogens is 440 g/mol. The van der Waals surface area contributed by atoms with Crippen LogP contribution in [0.15, 0.2) is 42.5 Å². The van der Waals surface area contributed by atoms with Crippen LogP contribution in [-0.4, -0.2) is 47.9 Å². The molecular formula is C21H25BrN2O3S. The lowest BCUT2D eigenvalue weighted by Crippen LogP contribution is -3.00. The summed E-state index contributed by atoms with van der Waals surface area (Å²) < 4.78 is 13.2. The number of β-amino-alcohol motifs (C(OH)–C–C–N with tert-alkyl or cyclic N) is 1. The Kier molecular flexibility index (Phi) is 6.27. The van der Waals surface area contributed by atoms with Crippen molar-refractivity contribution < 1.29 is 36.1 Å². The first kappa shape index (κ1) is 21.0. The van der Waals surface area contributed by atoms with E-state index < -0.39 is 5.72 Å². The molecule has 0 aromatic heterocycles. The Hall–Kier alpha value is -1.70. The minimum absolute atomic E-state index is 0. The number of benzene rings is 2. The highest BCUT2D eigenvalue weighted by molar-refractivity contribution is 8.13. The number of halogens is 1. The van der Waals surface area contributed by atoms with Gasteiger partial charge in [0.1, 0.15) is 5.75 Å². The standard InChI is InChI=1S/C21H25N2O3S.BrH/c1-15-5-7-16(8-6-15)21(24)14-22(20-23(21)11-4-12-27-20)18-13-17(25-2)9-10-19(18)26-3;/h5-10,13,24H,4,11-12,14H2,1-3H3;1H/q+1;/p-1. The normalized spacial score (nSPS) is 21.2. The first-order chi connectivity index (χ1) is 13.1.